The standard InChI is InChI=1S/C12H26N2/c1-3-12(7-5-6-8-12)11-14(4-2)10-9-13/h3-11,13H2,1-2H3. The highest BCUT2D eigenvalue weighted by molar-refractivity contribution is 4.86. The second-order valence-electron chi connectivity index (χ2n) is 4.72. The first-order valence-corrected chi connectivity index (χ1v) is 6.19. The summed E-state index contributed by atoms with van der Waals surface area (Å²) in [7, 11) is 0. The van der Waals surface area contributed by atoms with Gasteiger partial charge < -0.3 is 10.6 Å². The van der Waals surface area contributed by atoms with Crippen LogP contribution < -0.4 is 5.73 Å². The van der Waals surface area contributed by atoms with E-state index >= 15 is 0 Å². The summed E-state index contributed by atoms with van der Waals surface area (Å²) >= 11 is 0. The van der Waals surface area contributed by atoms with Crippen molar-refractivity contribution in [1.29, 1.82) is 0 Å². The molecule has 0 bridgehead atoms. The van der Waals surface area contributed by atoms with E-state index in [2.05, 4.69) is 18.7 Å². The predicted octanol–water partition coefficient (Wildman–Crippen LogP) is 2.24. The normalized spacial score (nSPS) is 20.6. The van der Waals surface area contributed by atoms with Crippen molar-refractivity contribution in [3.8, 4) is 0 Å². The third kappa shape index (κ3) is 2.96. The van der Waals surface area contributed by atoms with Crippen molar-refractivity contribution in [3.63, 3.8) is 0 Å². The summed E-state index contributed by atoms with van der Waals surface area (Å²) in [5, 5.41) is 0. The molecule has 0 aromatic heterocycles. The molecule has 1 saturated carbocycles. The number of likely N-dealkylation sites (N-methyl/N-ethyl adjacent to an activating group) is 1. The molecule has 1 rings (SSSR count). The van der Waals surface area contributed by atoms with Crippen molar-refractivity contribution in [1.82, 2.24) is 4.90 Å². The lowest BCUT2D eigenvalue weighted by atomic mass is 9.83. The zero-order valence-corrected chi connectivity index (χ0v) is 9.89. The fraction of sp³-hybridized carbons (Fsp3) is 1.00. The average molecular weight is 198 g/mol. The molecule has 1 aliphatic carbocycles. The van der Waals surface area contributed by atoms with E-state index in [-0.39, 0.29) is 0 Å². The van der Waals surface area contributed by atoms with Crippen LogP contribution in [0.5, 0.6) is 0 Å². The maximum absolute atomic E-state index is 5.62. The van der Waals surface area contributed by atoms with Gasteiger partial charge in [0.05, 0.1) is 0 Å². The van der Waals surface area contributed by atoms with Gasteiger partial charge in [-0.2, -0.15) is 0 Å². The minimum Gasteiger partial charge on any atom is -0.329 e. The predicted molar refractivity (Wildman–Crippen MR) is 62.4 cm³/mol. The van der Waals surface area contributed by atoms with Crippen molar-refractivity contribution in [2.24, 2.45) is 11.1 Å². The minimum atomic E-state index is 0.630. The molecular formula is C12H26N2. The van der Waals surface area contributed by atoms with Crippen molar-refractivity contribution in [2.75, 3.05) is 26.2 Å². The number of nitrogens with two attached hydrogens (primary N) is 1. The SMILES string of the molecule is CCN(CCN)CC1(CC)CCCC1. The van der Waals surface area contributed by atoms with Gasteiger partial charge in [0.2, 0.25) is 0 Å². The van der Waals surface area contributed by atoms with Crippen molar-refractivity contribution in [2.45, 2.75) is 46.0 Å². The monoisotopic (exact) mass is 198 g/mol. The largest absolute Gasteiger partial charge is 0.329 e. The maximum Gasteiger partial charge on any atom is 0.0105 e. The average Bonchev–Trinajstić information content (AvgIpc) is 2.66. The Morgan fingerprint density at radius 2 is 1.86 bits per heavy atom. The molecular weight excluding hydrogens is 172 g/mol. The van der Waals surface area contributed by atoms with E-state index in [0.717, 1.165) is 19.6 Å². The van der Waals surface area contributed by atoms with Crippen LogP contribution in [0.15, 0.2) is 0 Å². The Labute approximate surface area is 88.8 Å². The first-order valence-electron chi connectivity index (χ1n) is 6.19. The molecule has 0 aromatic carbocycles. The highest BCUT2D eigenvalue weighted by Crippen LogP contribution is 2.41. The van der Waals surface area contributed by atoms with Gasteiger partial charge in [0.15, 0.2) is 0 Å². The van der Waals surface area contributed by atoms with Crippen LogP contribution in [0.25, 0.3) is 0 Å². The van der Waals surface area contributed by atoms with E-state index in [1.807, 2.05) is 0 Å². The number of hydrogen-bond acceptors (Lipinski definition) is 2. The van der Waals surface area contributed by atoms with Gasteiger partial charge in [-0.1, -0.05) is 26.7 Å². The van der Waals surface area contributed by atoms with Crippen molar-refractivity contribution in [3.05, 3.63) is 0 Å². The second-order valence-corrected chi connectivity index (χ2v) is 4.72. The van der Waals surface area contributed by atoms with Crippen LogP contribution in [0.4, 0.5) is 0 Å². The van der Waals surface area contributed by atoms with Crippen LogP contribution in [0, 0.1) is 5.41 Å². The zero-order valence-electron chi connectivity index (χ0n) is 9.89. The molecule has 0 saturated heterocycles. The van der Waals surface area contributed by atoms with E-state index < -0.39 is 0 Å². The molecule has 0 amide bonds. The first-order chi connectivity index (χ1) is 6.76. The van der Waals surface area contributed by atoms with Gasteiger partial charge in [-0.05, 0) is 31.2 Å². The molecule has 0 aliphatic heterocycles. The smallest absolute Gasteiger partial charge is 0.0105 e. The molecule has 0 unspecified atom stereocenters. The lowest BCUT2D eigenvalue weighted by Gasteiger charge is -2.34. The summed E-state index contributed by atoms with van der Waals surface area (Å²) < 4.78 is 0. The zero-order chi connectivity index (χ0) is 10.4. The van der Waals surface area contributed by atoms with Crippen LogP contribution in [-0.4, -0.2) is 31.1 Å². The Bertz CT molecular complexity index is 150. The summed E-state index contributed by atoms with van der Waals surface area (Å²) in [5.74, 6) is 0. The number of nitrogens with zero attached hydrogens (tertiary/aromatic N) is 1. The molecule has 0 heterocycles. The van der Waals surface area contributed by atoms with E-state index in [1.54, 1.807) is 0 Å². The molecule has 0 aromatic rings. The van der Waals surface area contributed by atoms with E-state index in [4.69, 9.17) is 5.73 Å². The Kier molecular flexibility index (Phi) is 4.90. The quantitative estimate of drug-likeness (QED) is 0.709. The maximum atomic E-state index is 5.62. The fourth-order valence-electron chi connectivity index (χ4n) is 2.75. The van der Waals surface area contributed by atoms with Crippen molar-refractivity contribution < 1.29 is 0 Å². The van der Waals surface area contributed by atoms with Crippen LogP contribution in [0.1, 0.15) is 46.0 Å². The van der Waals surface area contributed by atoms with Gasteiger partial charge in [0.1, 0.15) is 0 Å². The Morgan fingerprint density at radius 3 is 2.29 bits per heavy atom. The van der Waals surface area contributed by atoms with Crippen LogP contribution in [-0.2, 0) is 0 Å². The Balaban J connectivity index is 2.44. The van der Waals surface area contributed by atoms with E-state index in [1.165, 1.54) is 38.6 Å². The molecule has 0 radical (unpaired) electrons. The van der Waals surface area contributed by atoms with Crippen LogP contribution >= 0.6 is 0 Å². The summed E-state index contributed by atoms with van der Waals surface area (Å²) in [6.45, 7) is 8.89. The first kappa shape index (κ1) is 12.0. The van der Waals surface area contributed by atoms with Gasteiger partial charge in [-0.25, -0.2) is 0 Å². The summed E-state index contributed by atoms with van der Waals surface area (Å²) in [5.41, 5.74) is 6.25. The summed E-state index contributed by atoms with van der Waals surface area (Å²) in [6, 6.07) is 0. The van der Waals surface area contributed by atoms with Crippen LogP contribution in [0.3, 0.4) is 0 Å². The lowest BCUT2D eigenvalue weighted by Crippen LogP contribution is -2.38. The highest BCUT2D eigenvalue weighted by Gasteiger charge is 2.33. The molecule has 14 heavy (non-hydrogen) atoms. The summed E-state index contributed by atoms with van der Waals surface area (Å²) in [4.78, 5) is 2.52. The number of hydrogen-bond donors (Lipinski definition) is 1. The number of rotatable bonds is 6. The molecule has 2 heteroatoms. The molecule has 1 fully saturated rings. The Morgan fingerprint density at radius 1 is 1.21 bits per heavy atom. The van der Waals surface area contributed by atoms with E-state index in [9.17, 15) is 0 Å². The Hall–Kier alpha value is -0.0800. The molecule has 2 N–H and O–H groups in total. The second kappa shape index (κ2) is 5.72. The molecule has 84 valence electrons. The fourth-order valence-corrected chi connectivity index (χ4v) is 2.75. The van der Waals surface area contributed by atoms with E-state index in [0.29, 0.717) is 5.41 Å². The topological polar surface area (TPSA) is 29.3 Å². The molecule has 1 aliphatic rings. The van der Waals surface area contributed by atoms with Gasteiger partial charge in [-0.3, -0.25) is 0 Å². The highest BCUT2D eigenvalue weighted by atomic mass is 15.1. The lowest BCUT2D eigenvalue weighted by molar-refractivity contribution is 0.155. The molecule has 0 spiro atoms. The third-order valence-corrected chi connectivity index (χ3v) is 3.87. The van der Waals surface area contributed by atoms with Crippen molar-refractivity contribution >= 4 is 0 Å². The van der Waals surface area contributed by atoms with Crippen LogP contribution in [0.2, 0.25) is 0 Å². The van der Waals surface area contributed by atoms with Gasteiger partial charge in [-0.15, -0.1) is 0 Å². The molecule has 0 atom stereocenters. The minimum absolute atomic E-state index is 0.630. The van der Waals surface area contributed by atoms with Gasteiger partial charge in [0.25, 0.3) is 0 Å². The van der Waals surface area contributed by atoms with Gasteiger partial charge >= 0.3 is 0 Å². The summed E-state index contributed by atoms with van der Waals surface area (Å²) in [6.07, 6.45) is 7.09. The third-order valence-electron chi connectivity index (χ3n) is 3.87. The van der Waals surface area contributed by atoms with Gasteiger partial charge in [0, 0.05) is 19.6 Å². The molecule has 2 nitrogen and oxygen atoms in total.